The van der Waals surface area contributed by atoms with Crippen LogP contribution in [0, 0.1) is 0 Å². The predicted molar refractivity (Wildman–Crippen MR) is 231 cm³/mol. The molecule has 0 aliphatic carbocycles. The zero-order chi connectivity index (χ0) is 38.2. The molecule has 5 aromatic carbocycles. The van der Waals surface area contributed by atoms with E-state index in [1.165, 1.54) is 89.4 Å². The molecule has 0 amide bonds. The Labute approximate surface area is 322 Å². The molecule has 0 bridgehead atoms. The number of fused-ring (bicyclic) bond motifs is 11. The van der Waals surface area contributed by atoms with Gasteiger partial charge in [-0.3, -0.25) is 0 Å². The van der Waals surface area contributed by atoms with E-state index in [0.717, 1.165) is 11.2 Å². The second-order valence-corrected chi connectivity index (χ2v) is 20.7. The van der Waals surface area contributed by atoms with Crippen LogP contribution >= 0.6 is 0 Å². The minimum absolute atomic E-state index is 0.0379. The van der Waals surface area contributed by atoms with Crippen molar-refractivity contribution in [3.05, 3.63) is 124 Å². The number of benzene rings is 5. The van der Waals surface area contributed by atoms with Gasteiger partial charge < -0.3 is 14.2 Å². The molecule has 0 unspecified atom stereocenters. The highest BCUT2D eigenvalue weighted by Crippen LogP contribution is 2.59. The monoisotopic (exact) mass is 708 g/mol. The Morgan fingerprint density at radius 3 is 1.65 bits per heavy atom. The molecule has 0 fully saturated rings. The van der Waals surface area contributed by atoms with Gasteiger partial charge in [-0.1, -0.05) is 145 Å². The van der Waals surface area contributed by atoms with E-state index in [1.54, 1.807) is 0 Å². The topological polar surface area (TPSA) is 19.6 Å². The van der Waals surface area contributed by atoms with E-state index in [4.69, 9.17) is 4.42 Å². The lowest BCUT2D eigenvalue weighted by Crippen LogP contribution is -2.63. The average molecular weight is 709 g/mol. The van der Waals surface area contributed by atoms with E-state index in [1.807, 2.05) is 0 Å². The van der Waals surface area contributed by atoms with Crippen LogP contribution in [0.15, 0.2) is 89.3 Å². The van der Waals surface area contributed by atoms with Gasteiger partial charge in [-0.25, -0.2) is 0 Å². The zero-order valence-electron chi connectivity index (χ0n) is 34.5. The summed E-state index contributed by atoms with van der Waals surface area (Å²) in [6, 6.07) is 33.2. The Kier molecular flexibility index (Phi) is 6.35. The molecule has 6 aromatic rings. The molecule has 1 aromatic heterocycles. The van der Waals surface area contributed by atoms with Crippen molar-refractivity contribution >= 4 is 68.4 Å². The van der Waals surface area contributed by atoms with E-state index >= 15 is 0 Å². The van der Waals surface area contributed by atoms with Crippen LogP contribution < -0.4 is 26.4 Å². The van der Waals surface area contributed by atoms with Gasteiger partial charge in [0, 0.05) is 33.3 Å². The number of hydrogen-bond acceptors (Lipinski definition) is 3. The van der Waals surface area contributed by atoms with Crippen LogP contribution in [0.25, 0.3) is 11.0 Å². The van der Waals surface area contributed by atoms with Gasteiger partial charge >= 0.3 is 0 Å². The van der Waals surface area contributed by atoms with Gasteiger partial charge in [0.1, 0.15) is 5.58 Å². The zero-order valence-corrected chi connectivity index (χ0v) is 34.5. The summed E-state index contributed by atoms with van der Waals surface area (Å²) in [6.07, 6.45) is 0. The number of anilines is 6. The Bertz CT molecular complexity index is 2630. The fourth-order valence-electron chi connectivity index (χ4n) is 10.2. The first kappa shape index (κ1) is 33.8. The summed E-state index contributed by atoms with van der Waals surface area (Å²) in [7, 11) is 0. The van der Waals surface area contributed by atoms with Crippen LogP contribution in [0.2, 0.25) is 0 Å². The summed E-state index contributed by atoms with van der Waals surface area (Å²) in [5.41, 5.74) is 21.6. The molecule has 0 N–H and O–H groups in total. The molecule has 272 valence electrons. The van der Waals surface area contributed by atoms with Gasteiger partial charge in [-0.05, 0) is 96.4 Å². The van der Waals surface area contributed by atoms with Crippen LogP contribution in [0.4, 0.5) is 34.1 Å². The Morgan fingerprint density at radius 2 is 1.04 bits per heavy atom. The van der Waals surface area contributed by atoms with Crippen LogP contribution in [0.5, 0.6) is 0 Å². The smallest absolute Gasteiger partial charge is 0.297 e. The SMILES string of the molecule is CC(C)(C)c1ccc2c(c1)C(C)(C)c1cc(C(C)(C)C)cc3c1N2c1ccc2c4c1B3c1oc3ccccc3c1N4c1ccc(C(C)(C)C)cc1C2(C)C. The number of hydrogen-bond donors (Lipinski definition) is 0. The van der Waals surface area contributed by atoms with Crippen LogP contribution in [-0.2, 0) is 27.1 Å². The molecule has 3 nitrogen and oxygen atoms in total. The summed E-state index contributed by atoms with van der Waals surface area (Å²) in [4.78, 5) is 5.23. The lowest BCUT2D eigenvalue weighted by atomic mass is 9.34. The standard InChI is InChI=1S/C50H53BN2O/c1-46(2,3)28-18-21-37-33(24-28)50(12,13)35-26-30(48(7,8)9)27-36-43(35)52(37)39-23-20-32-44-41(39)51(36)45-42(31-16-14-15-17-40(31)54-45)53(44)38-22-19-29(47(4,5)6)25-34(38)49(32,10)11/h14-27H,1-13H3. The fourth-order valence-corrected chi connectivity index (χ4v) is 10.2. The summed E-state index contributed by atoms with van der Waals surface area (Å²) < 4.78 is 7.20. The maximum atomic E-state index is 7.20. The minimum atomic E-state index is -0.221. The first-order valence-electron chi connectivity index (χ1n) is 20.0. The third kappa shape index (κ3) is 4.21. The number of rotatable bonds is 0. The molecular weight excluding hydrogens is 655 g/mol. The highest BCUT2D eigenvalue weighted by Gasteiger charge is 2.54. The molecule has 4 aliphatic rings. The third-order valence-corrected chi connectivity index (χ3v) is 13.5. The van der Waals surface area contributed by atoms with Crippen molar-refractivity contribution in [1.29, 1.82) is 0 Å². The largest absolute Gasteiger partial charge is 0.468 e. The highest BCUT2D eigenvalue weighted by atomic mass is 16.3. The molecule has 0 saturated heterocycles. The average Bonchev–Trinajstić information content (AvgIpc) is 3.48. The quantitative estimate of drug-likeness (QED) is 0.146. The highest BCUT2D eigenvalue weighted by molar-refractivity contribution is 7.00. The molecule has 0 atom stereocenters. The van der Waals surface area contributed by atoms with E-state index in [-0.39, 0.29) is 33.8 Å². The Morgan fingerprint density at radius 1 is 0.500 bits per heavy atom. The molecule has 0 spiro atoms. The Hall–Kier alpha value is -4.70. The second kappa shape index (κ2) is 10.1. The maximum Gasteiger partial charge on any atom is 0.297 e. The molecular formula is C50H53BN2O. The third-order valence-electron chi connectivity index (χ3n) is 13.5. The number of furan rings is 1. The minimum Gasteiger partial charge on any atom is -0.468 e. The molecule has 0 radical (unpaired) electrons. The van der Waals surface area contributed by atoms with E-state index in [9.17, 15) is 0 Å². The summed E-state index contributed by atoms with van der Waals surface area (Å²) in [5.74, 6) is 0. The van der Waals surface area contributed by atoms with Crippen molar-refractivity contribution in [2.45, 2.75) is 117 Å². The number of para-hydroxylation sites is 1. The van der Waals surface area contributed by atoms with Crippen molar-refractivity contribution in [2.75, 3.05) is 9.80 Å². The summed E-state index contributed by atoms with van der Waals surface area (Å²) in [5, 5.41) is 1.17. The van der Waals surface area contributed by atoms with Gasteiger partial charge in [0.05, 0.1) is 22.7 Å². The van der Waals surface area contributed by atoms with Gasteiger partial charge in [0.2, 0.25) is 0 Å². The second-order valence-electron chi connectivity index (χ2n) is 20.7. The predicted octanol–water partition coefficient (Wildman–Crippen LogP) is 11.7. The van der Waals surface area contributed by atoms with Crippen LogP contribution in [-0.4, -0.2) is 6.71 Å². The molecule has 54 heavy (non-hydrogen) atoms. The molecule has 10 rings (SSSR count). The van der Waals surface area contributed by atoms with Crippen molar-refractivity contribution in [3.63, 3.8) is 0 Å². The van der Waals surface area contributed by atoms with E-state index in [0.29, 0.717) is 0 Å². The number of nitrogens with zero attached hydrogens (tertiary/aromatic N) is 2. The van der Waals surface area contributed by atoms with E-state index < -0.39 is 0 Å². The summed E-state index contributed by atoms with van der Waals surface area (Å²) >= 11 is 0. The first-order chi connectivity index (χ1) is 25.2. The molecule has 5 heterocycles. The maximum absolute atomic E-state index is 7.20. The molecule has 0 saturated carbocycles. The van der Waals surface area contributed by atoms with Crippen molar-refractivity contribution in [3.8, 4) is 0 Å². The van der Waals surface area contributed by atoms with Gasteiger partial charge in [0.15, 0.2) is 0 Å². The summed E-state index contributed by atoms with van der Waals surface area (Å²) in [6.45, 7) is 30.7. The van der Waals surface area contributed by atoms with Gasteiger partial charge in [-0.15, -0.1) is 0 Å². The lowest BCUT2D eigenvalue weighted by molar-refractivity contribution is 0.574. The van der Waals surface area contributed by atoms with Gasteiger partial charge in [-0.2, -0.15) is 0 Å². The van der Waals surface area contributed by atoms with Crippen LogP contribution in [0.3, 0.4) is 0 Å². The van der Waals surface area contributed by atoms with Crippen molar-refractivity contribution < 1.29 is 4.42 Å². The van der Waals surface area contributed by atoms with E-state index in [2.05, 4.69) is 185 Å². The van der Waals surface area contributed by atoms with Gasteiger partial charge in [0.25, 0.3) is 6.71 Å². The first-order valence-corrected chi connectivity index (χ1v) is 20.0. The van der Waals surface area contributed by atoms with Crippen molar-refractivity contribution in [1.82, 2.24) is 0 Å². The molecule has 4 heteroatoms. The Balaban J connectivity index is 1.37. The van der Waals surface area contributed by atoms with Crippen molar-refractivity contribution in [2.24, 2.45) is 0 Å². The fraction of sp³-hybridized carbons (Fsp3) is 0.360. The molecule has 4 aliphatic heterocycles. The normalized spacial score (nSPS) is 17.2. The van der Waals surface area contributed by atoms with Crippen LogP contribution in [0.1, 0.15) is 129 Å². The lowest BCUT2D eigenvalue weighted by Gasteiger charge is -2.52.